The van der Waals surface area contributed by atoms with Gasteiger partial charge in [0.2, 0.25) is 5.88 Å². The summed E-state index contributed by atoms with van der Waals surface area (Å²) >= 11 is 0. The van der Waals surface area contributed by atoms with E-state index in [1.807, 2.05) is 0 Å². The van der Waals surface area contributed by atoms with Crippen LogP contribution in [0.15, 0.2) is 24.4 Å². The number of imidazole rings is 1. The molecule has 0 aliphatic heterocycles. The van der Waals surface area contributed by atoms with Crippen LogP contribution in [0, 0.1) is 0 Å². The normalized spacial score (nSPS) is 10.6. The van der Waals surface area contributed by atoms with E-state index in [0.29, 0.717) is 11.3 Å². The third-order valence-electron chi connectivity index (χ3n) is 1.93. The molecule has 14 heavy (non-hydrogen) atoms. The highest BCUT2D eigenvalue weighted by molar-refractivity contribution is 5.71. The highest BCUT2D eigenvalue weighted by Gasteiger charge is 2.13. The summed E-state index contributed by atoms with van der Waals surface area (Å²) in [5.74, 6) is -1.22. The fraction of sp³-hybridized carbons (Fsp3) is 0.111. The van der Waals surface area contributed by atoms with Crippen molar-refractivity contribution in [2.24, 2.45) is 0 Å². The number of aliphatic carboxylic acids is 1. The van der Waals surface area contributed by atoms with Crippen LogP contribution in [-0.4, -0.2) is 25.6 Å². The number of pyridine rings is 1. The van der Waals surface area contributed by atoms with Crippen molar-refractivity contribution in [2.75, 3.05) is 0 Å². The van der Waals surface area contributed by atoms with E-state index in [9.17, 15) is 9.90 Å². The van der Waals surface area contributed by atoms with Crippen molar-refractivity contribution in [1.29, 1.82) is 0 Å². The minimum absolute atomic E-state index is 0.224. The van der Waals surface area contributed by atoms with Crippen LogP contribution in [0.2, 0.25) is 0 Å². The monoisotopic (exact) mass is 192 g/mol. The molecular formula is C9H8N2O3. The minimum atomic E-state index is -0.994. The van der Waals surface area contributed by atoms with E-state index in [1.165, 1.54) is 0 Å². The van der Waals surface area contributed by atoms with Crippen molar-refractivity contribution < 1.29 is 15.0 Å². The van der Waals surface area contributed by atoms with Gasteiger partial charge in [-0.25, -0.2) is 0 Å². The number of carboxylic acid groups (broad SMARTS) is 1. The molecule has 2 rings (SSSR count). The van der Waals surface area contributed by atoms with Crippen LogP contribution >= 0.6 is 0 Å². The molecule has 0 atom stereocenters. The number of hydrogen-bond acceptors (Lipinski definition) is 3. The molecule has 72 valence electrons. The lowest BCUT2D eigenvalue weighted by molar-refractivity contribution is -0.136. The molecule has 0 unspecified atom stereocenters. The molecule has 0 radical (unpaired) electrons. The Morgan fingerprint density at radius 3 is 3.00 bits per heavy atom. The Balaban J connectivity index is 2.62. The van der Waals surface area contributed by atoms with Gasteiger partial charge in [0.25, 0.3) is 0 Å². The number of hydrogen-bond donors (Lipinski definition) is 2. The first-order valence-electron chi connectivity index (χ1n) is 4.05. The lowest BCUT2D eigenvalue weighted by atomic mass is 10.3. The average molecular weight is 192 g/mol. The Morgan fingerprint density at radius 1 is 1.50 bits per heavy atom. The molecule has 0 aliphatic carbocycles. The topological polar surface area (TPSA) is 74.8 Å². The molecule has 0 spiro atoms. The van der Waals surface area contributed by atoms with Gasteiger partial charge >= 0.3 is 5.97 Å². The molecular weight excluding hydrogens is 184 g/mol. The van der Waals surface area contributed by atoms with Gasteiger partial charge in [-0.1, -0.05) is 6.07 Å². The molecule has 0 fully saturated rings. The molecule has 0 aliphatic rings. The molecule has 0 saturated heterocycles. The minimum Gasteiger partial charge on any atom is -0.492 e. The number of aromatic hydroxyl groups is 1. The summed E-state index contributed by atoms with van der Waals surface area (Å²) in [6.07, 6.45) is 1.43. The van der Waals surface area contributed by atoms with E-state index in [1.54, 1.807) is 28.8 Å². The van der Waals surface area contributed by atoms with Crippen molar-refractivity contribution in [3.63, 3.8) is 0 Å². The van der Waals surface area contributed by atoms with E-state index in [2.05, 4.69) is 4.98 Å². The van der Waals surface area contributed by atoms with Crippen molar-refractivity contribution in [2.45, 2.75) is 6.42 Å². The van der Waals surface area contributed by atoms with Gasteiger partial charge in [-0.15, -0.1) is 0 Å². The van der Waals surface area contributed by atoms with Gasteiger partial charge in [-0.3, -0.25) is 9.20 Å². The van der Waals surface area contributed by atoms with Crippen molar-refractivity contribution in [3.8, 4) is 5.88 Å². The molecule has 2 N–H and O–H groups in total. The second-order valence-corrected chi connectivity index (χ2v) is 2.88. The summed E-state index contributed by atoms with van der Waals surface area (Å²) in [4.78, 5) is 14.3. The van der Waals surface area contributed by atoms with Gasteiger partial charge in [0.1, 0.15) is 5.65 Å². The maximum Gasteiger partial charge on any atom is 0.309 e. The predicted octanol–water partition coefficient (Wildman–Crippen LogP) is 0.667. The number of rotatable bonds is 2. The lowest BCUT2D eigenvalue weighted by Gasteiger charge is -1.97. The summed E-state index contributed by atoms with van der Waals surface area (Å²) < 4.78 is 1.56. The molecule has 2 heterocycles. The highest BCUT2D eigenvalue weighted by Crippen LogP contribution is 2.18. The maximum absolute atomic E-state index is 10.5. The van der Waals surface area contributed by atoms with Crippen LogP contribution in [-0.2, 0) is 11.2 Å². The maximum atomic E-state index is 10.5. The predicted molar refractivity (Wildman–Crippen MR) is 48.2 cm³/mol. The van der Waals surface area contributed by atoms with Crippen LogP contribution in [0.1, 0.15) is 5.69 Å². The van der Waals surface area contributed by atoms with Gasteiger partial charge in [-0.2, -0.15) is 4.98 Å². The van der Waals surface area contributed by atoms with Crippen molar-refractivity contribution in [3.05, 3.63) is 30.1 Å². The summed E-state index contributed by atoms with van der Waals surface area (Å²) in [6.45, 7) is 0. The van der Waals surface area contributed by atoms with Crippen molar-refractivity contribution >= 4 is 11.6 Å². The van der Waals surface area contributed by atoms with E-state index in [4.69, 9.17) is 5.11 Å². The number of carbonyl (C=O) groups is 1. The van der Waals surface area contributed by atoms with E-state index in [0.717, 1.165) is 0 Å². The standard InChI is InChI=1S/C9H8N2O3/c12-8(13)5-6-9(14)10-7-3-1-2-4-11(6)7/h1-4,14H,5H2,(H,12,13). The van der Waals surface area contributed by atoms with Crippen LogP contribution in [0.5, 0.6) is 5.88 Å². The molecule has 0 bridgehead atoms. The number of fused-ring (bicyclic) bond motifs is 1. The van der Waals surface area contributed by atoms with Crippen LogP contribution < -0.4 is 0 Å². The number of aromatic nitrogens is 2. The summed E-state index contributed by atoms with van der Waals surface area (Å²) in [5, 5.41) is 18.0. The molecule has 0 saturated carbocycles. The van der Waals surface area contributed by atoms with Crippen LogP contribution in [0.3, 0.4) is 0 Å². The fourth-order valence-corrected chi connectivity index (χ4v) is 1.34. The van der Waals surface area contributed by atoms with Gasteiger partial charge in [0.15, 0.2) is 0 Å². The smallest absolute Gasteiger partial charge is 0.309 e. The largest absolute Gasteiger partial charge is 0.492 e. The van der Waals surface area contributed by atoms with E-state index in [-0.39, 0.29) is 12.3 Å². The molecule has 2 aromatic heterocycles. The molecule has 5 heteroatoms. The number of nitrogens with zero attached hydrogens (tertiary/aromatic N) is 2. The first-order chi connectivity index (χ1) is 6.68. The summed E-state index contributed by atoms with van der Waals surface area (Å²) in [6, 6.07) is 5.22. The zero-order valence-electron chi connectivity index (χ0n) is 7.21. The lowest BCUT2D eigenvalue weighted by Crippen LogP contribution is -2.03. The Hall–Kier alpha value is -2.04. The van der Waals surface area contributed by atoms with Gasteiger partial charge in [0.05, 0.1) is 12.1 Å². The first kappa shape index (κ1) is 8.55. The van der Waals surface area contributed by atoms with Crippen molar-refractivity contribution in [1.82, 2.24) is 9.38 Å². The molecule has 2 aromatic rings. The van der Waals surface area contributed by atoms with Gasteiger partial charge < -0.3 is 10.2 Å². The Labute approximate surface area is 79.2 Å². The number of carboxylic acids is 1. The zero-order chi connectivity index (χ0) is 10.1. The summed E-state index contributed by atoms with van der Waals surface area (Å²) in [5.41, 5.74) is 0.842. The Kier molecular flexibility index (Phi) is 1.85. The average Bonchev–Trinajstić information content (AvgIpc) is 2.43. The molecule has 0 amide bonds. The second-order valence-electron chi connectivity index (χ2n) is 2.88. The van der Waals surface area contributed by atoms with E-state index < -0.39 is 5.97 Å². The van der Waals surface area contributed by atoms with Gasteiger partial charge in [0, 0.05) is 6.20 Å². The molecule has 0 aromatic carbocycles. The second kappa shape index (κ2) is 3.02. The SMILES string of the molecule is O=C(O)Cc1c(O)nc2ccccn12. The fourth-order valence-electron chi connectivity index (χ4n) is 1.34. The molecule has 5 nitrogen and oxygen atoms in total. The highest BCUT2D eigenvalue weighted by atomic mass is 16.4. The Bertz CT molecular complexity index is 490. The van der Waals surface area contributed by atoms with Crippen LogP contribution in [0.25, 0.3) is 5.65 Å². The van der Waals surface area contributed by atoms with Crippen LogP contribution in [0.4, 0.5) is 0 Å². The first-order valence-corrected chi connectivity index (χ1v) is 4.05. The van der Waals surface area contributed by atoms with Gasteiger partial charge in [-0.05, 0) is 12.1 Å². The quantitative estimate of drug-likeness (QED) is 0.733. The van der Waals surface area contributed by atoms with E-state index >= 15 is 0 Å². The third-order valence-corrected chi connectivity index (χ3v) is 1.93. The summed E-state index contributed by atoms with van der Waals surface area (Å²) in [7, 11) is 0. The Morgan fingerprint density at radius 2 is 2.29 bits per heavy atom. The third kappa shape index (κ3) is 1.28. The zero-order valence-corrected chi connectivity index (χ0v) is 7.21.